The Balaban J connectivity index is 1.54. The van der Waals surface area contributed by atoms with Crippen LogP contribution >= 0.6 is 0 Å². The molecule has 2 N–H and O–H groups in total. The van der Waals surface area contributed by atoms with Crippen molar-refractivity contribution >= 4 is 5.96 Å². The Morgan fingerprint density at radius 2 is 1.75 bits per heavy atom. The summed E-state index contributed by atoms with van der Waals surface area (Å²) >= 11 is 0. The monoisotopic (exact) mass is 436 g/mol. The lowest BCUT2D eigenvalue weighted by atomic mass is 10.1. The van der Waals surface area contributed by atoms with Gasteiger partial charge in [0.1, 0.15) is 18.6 Å². The molecule has 0 atom stereocenters. The lowest BCUT2D eigenvalue weighted by Crippen LogP contribution is -2.36. The van der Waals surface area contributed by atoms with E-state index in [1.807, 2.05) is 37.3 Å². The number of aryl methyl sites for hydroxylation is 2. The maximum Gasteiger partial charge on any atom is 0.226 e. The van der Waals surface area contributed by atoms with E-state index >= 15 is 0 Å². The standard InChI is InChI=1S/C25H32N4O3/c1-5-30-12-13-31-23-14-19(3)8-11-21(23)15-27-25(26-4)28-16-22-17-32-24(29-22)20-9-6-18(2)7-10-20/h6-11,14,17H,5,12-13,15-16H2,1-4H3,(H2,26,27,28). The van der Waals surface area contributed by atoms with Gasteiger partial charge in [-0.25, -0.2) is 4.98 Å². The topological polar surface area (TPSA) is 80.9 Å². The molecule has 7 heteroatoms. The smallest absolute Gasteiger partial charge is 0.226 e. The summed E-state index contributed by atoms with van der Waals surface area (Å²) in [5.74, 6) is 2.14. The van der Waals surface area contributed by atoms with Crippen molar-refractivity contribution < 1.29 is 13.9 Å². The van der Waals surface area contributed by atoms with E-state index < -0.39 is 0 Å². The van der Waals surface area contributed by atoms with Crippen molar-refractivity contribution in [3.8, 4) is 17.2 Å². The molecule has 3 rings (SSSR count). The Hall–Kier alpha value is -3.32. The van der Waals surface area contributed by atoms with Gasteiger partial charge in [0.25, 0.3) is 0 Å². The first-order valence-electron chi connectivity index (χ1n) is 10.8. The van der Waals surface area contributed by atoms with E-state index in [4.69, 9.17) is 13.9 Å². The number of aromatic nitrogens is 1. The molecule has 170 valence electrons. The predicted molar refractivity (Wildman–Crippen MR) is 127 cm³/mol. The minimum absolute atomic E-state index is 0.501. The second-order valence-electron chi connectivity index (χ2n) is 7.45. The molecular formula is C25H32N4O3. The molecule has 3 aromatic rings. The van der Waals surface area contributed by atoms with Crippen molar-refractivity contribution in [2.24, 2.45) is 4.99 Å². The van der Waals surface area contributed by atoms with Crippen molar-refractivity contribution in [2.45, 2.75) is 33.9 Å². The van der Waals surface area contributed by atoms with E-state index in [0.29, 0.717) is 44.8 Å². The van der Waals surface area contributed by atoms with Crippen molar-refractivity contribution in [1.82, 2.24) is 15.6 Å². The van der Waals surface area contributed by atoms with Gasteiger partial charge in [-0.15, -0.1) is 0 Å². The number of nitrogens with one attached hydrogen (secondary N) is 2. The van der Waals surface area contributed by atoms with Crippen LogP contribution in [0.4, 0.5) is 0 Å². The quantitative estimate of drug-likeness (QED) is 0.281. The third-order valence-corrected chi connectivity index (χ3v) is 4.87. The Kier molecular flexibility index (Phi) is 8.69. The minimum Gasteiger partial charge on any atom is -0.491 e. The first kappa shape index (κ1) is 23.3. The third-order valence-electron chi connectivity index (χ3n) is 4.87. The minimum atomic E-state index is 0.501. The van der Waals surface area contributed by atoms with Crippen LogP contribution < -0.4 is 15.4 Å². The zero-order valence-corrected chi connectivity index (χ0v) is 19.3. The summed E-state index contributed by atoms with van der Waals surface area (Å²) in [5.41, 5.74) is 5.17. The average molecular weight is 437 g/mol. The second kappa shape index (κ2) is 11.9. The SMILES string of the molecule is CCOCCOc1cc(C)ccc1CNC(=NC)NCc1coc(-c2ccc(C)cc2)n1. The van der Waals surface area contributed by atoms with E-state index in [-0.39, 0.29) is 0 Å². The van der Waals surface area contributed by atoms with Crippen LogP contribution in [0, 0.1) is 13.8 Å². The van der Waals surface area contributed by atoms with Crippen LogP contribution in [-0.4, -0.2) is 37.8 Å². The van der Waals surface area contributed by atoms with E-state index in [1.165, 1.54) is 5.56 Å². The summed E-state index contributed by atoms with van der Waals surface area (Å²) in [6.07, 6.45) is 1.67. The maximum atomic E-state index is 5.92. The normalized spacial score (nSPS) is 11.4. The highest BCUT2D eigenvalue weighted by atomic mass is 16.5. The van der Waals surface area contributed by atoms with Crippen LogP contribution in [0.3, 0.4) is 0 Å². The van der Waals surface area contributed by atoms with Crippen LogP contribution in [0.1, 0.15) is 29.3 Å². The summed E-state index contributed by atoms with van der Waals surface area (Å²) in [4.78, 5) is 8.87. The van der Waals surface area contributed by atoms with Crippen LogP contribution in [0.5, 0.6) is 5.75 Å². The summed E-state index contributed by atoms with van der Waals surface area (Å²) < 4.78 is 16.9. The van der Waals surface area contributed by atoms with E-state index in [9.17, 15) is 0 Å². The summed E-state index contributed by atoms with van der Waals surface area (Å²) in [7, 11) is 1.74. The fraction of sp³-hybridized carbons (Fsp3) is 0.360. The number of oxazole rings is 1. The molecular weight excluding hydrogens is 404 g/mol. The van der Waals surface area contributed by atoms with Gasteiger partial charge in [-0.2, -0.15) is 0 Å². The van der Waals surface area contributed by atoms with Crippen molar-refractivity contribution in [1.29, 1.82) is 0 Å². The zero-order chi connectivity index (χ0) is 22.8. The molecule has 1 aromatic heterocycles. The molecule has 1 heterocycles. The van der Waals surface area contributed by atoms with E-state index in [2.05, 4.69) is 46.6 Å². The number of hydrogen-bond donors (Lipinski definition) is 2. The fourth-order valence-corrected chi connectivity index (χ4v) is 3.09. The van der Waals surface area contributed by atoms with Crippen molar-refractivity contribution in [3.63, 3.8) is 0 Å². The Morgan fingerprint density at radius 3 is 2.50 bits per heavy atom. The molecule has 2 aromatic carbocycles. The molecule has 0 saturated carbocycles. The molecule has 0 bridgehead atoms. The number of benzene rings is 2. The largest absolute Gasteiger partial charge is 0.491 e. The van der Waals surface area contributed by atoms with Gasteiger partial charge in [0.05, 0.1) is 18.8 Å². The number of nitrogens with zero attached hydrogens (tertiary/aromatic N) is 2. The first-order valence-corrected chi connectivity index (χ1v) is 10.8. The molecule has 32 heavy (non-hydrogen) atoms. The second-order valence-corrected chi connectivity index (χ2v) is 7.45. The van der Waals surface area contributed by atoms with Crippen molar-refractivity contribution in [3.05, 3.63) is 71.1 Å². The van der Waals surface area contributed by atoms with Gasteiger partial charge < -0.3 is 24.5 Å². The summed E-state index contributed by atoms with van der Waals surface area (Å²) in [6, 6.07) is 14.3. The average Bonchev–Trinajstić information content (AvgIpc) is 3.27. The molecule has 7 nitrogen and oxygen atoms in total. The molecule has 0 amide bonds. The van der Waals surface area contributed by atoms with E-state index in [1.54, 1.807) is 13.3 Å². The lowest BCUT2D eigenvalue weighted by molar-refractivity contribution is 0.110. The van der Waals surface area contributed by atoms with E-state index in [0.717, 1.165) is 28.1 Å². The summed E-state index contributed by atoms with van der Waals surface area (Å²) in [5, 5.41) is 6.61. The Bertz CT molecular complexity index is 1010. The van der Waals surface area contributed by atoms with Gasteiger partial charge in [0.2, 0.25) is 5.89 Å². The highest BCUT2D eigenvalue weighted by molar-refractivity contribution is 5.79. The zero-order valence-electron chi connectivity index (χ0n) is 19.3. The Labute approximate surface area is 189 Å². The van der Waals surface area contributed by atoms with Gasteiger partial charge in [0.15, 0.2) is 5.96 Å². The summed E-state index contributed by atoms with van der Waals surface area (Å²) in [6.45, 7) is 8.94. The molecule has 0 unspecified atom stereocenters. The van der Waals surface area contributed by atoms with Crippen LogP contribution in [0.15, 0.2) is 58.1 Å². The van der Waals surface area contributed by atoms with Gasteiger partial charge in [-0.3, -0.25) is 4.99 Å². The first-order chi connectivity index (χ1) is 15.6. The fourth-order valence-electron chi connectivity index (χ4n) is 3.09. The third kappa shape index (κ3) is 6.85. The molecule has 0 aliphatic carbocycles. The Morgan fingerprint density at radius 1 is 1.00 bits per heavy atom. The van der Waals surface area contributed by atoms with Gasteiger partial charge in [-0.1, -0.05) is 29.8 Å². The predicted octanol–water partition coefficient (Wildman–Crippen LogP) is 4.24. The van der Waals surface area contributed by atoms with Gasteiger partial charge in [-0.05, 0) is 44.5 Å². The lowest BCUT2D eigenvalue weighted by Gasteiger charge is -2.15. The van der Waals surface area contributed by atoms with Crippen LogP contribution in [0.25, 0.3) is 11.5 Å². The number of rotatable bonds is 10. The number of hydrogen-bond acceptors (Lipinski definition) is 5. The molecule has 0 fully saturated rings. The van der Waals surface area contributed by atoms with Crippen molar-refractivity contribution in [2.75, 3.05) is 26.9 Å². The molecule has 0 aliphatic heterocycles. The number of ether oxygens (including phenoxy) is 2. The van der Waals surface area contributed by atoms with Gasteiger partial charge in [0, 0.05) is 31.3 Å². The molecule has 0 spiro atoms. The maximum absolute atomic E-state index is 5.92. The van der Waals surface area contributed by atoms with Crippen LogP contribution in [0.2, 0.25) is 0 Å². The molecule has 0 saturated heterocycles. The highest BCUT2D eigenvalue weighted by Gasteiger charge is 2.09. The number of guanidine groups is 1. The van der Waals surface area contributed by atoms with Crippen LogP contribution in [-0.2, 0) is 17.8 Å². The molecule has 0 radical (unpaired) electrons. The number of aliphatic imine (C=N–C) groups is 1. The highest BCUT2D eigenvalue weighted by Crippen LogP contribution is 2.21. The van der Waals surface area contributed by atoms with Gasteiger partial charge >= 0.3 is 0 Å². The molecule has 0 aliphatic rings.